The van der Waals surface area contributed by atoms with Crippen molar-refractivity contribution in [3.05, 3.63) is 28.5 Å². The molecule has 1 aromatic carbocycles. The van der Waals surface area contributed by atoms with Gasteiger partial charge in [-0.2, -0.15) is 0 Å². The molecule has 2 atom stereocenters. The molecule has 0 radical (unpaired) electrons. The first-order valence-corrected chi connectivity index (χ1v) is 6.94. The molecule has 1 aliphatic carbocycles. The van der Waals surface area contributed by atoms with Crippen molar-refractivity contribution < 1.29 is 0 Å². The van der Waals surface area contributed by atoms with Crippen LogP contribution in [0.4, 0.5) is 0 Å². The second kappa shape index (κ2) is 4.42. The molecule has 1 aromatic heterocycles. The number of aromatic nitrogens is 2. The highest BCUT2D eigenvalue weighted by molar-refractivity contribution is 9.10. The number of hydrogen-bond acceptors (Lipinski definition) is 2. The number of nitrogens with zero attached hydrogens (tertiary/aromatic N) is 1. The predicted molar refractivity (Wildman–Crippen MR) is 73.0 cm³/mol. The molecule has 0 bridgehead atoms. The van der Waals surface area contributed by atoms with Gasteiger partial charge in [-0.1, -0.05) is 28.8 Å². The van der Waals surface area contributed by atoms with Crippen molar-refractivity contribution in [2.24, 2.45) is 5.73 Å². The summed E-state index contributed by atoms with van der Waals surface area (Å²) in [5.74, 6) is 1.46. The standard InChI is InChI=1S/C13H16BrN3/c14-8-5-6-11-12(7-8)17-13(16-11)9-3-1-2-4-10(9)15/h5-7,9-10H,1-4,15H2,(H,16,17). The largest absolute Gasteiger partial charge is 0.342 e. The average molecular weight is 294 g/mol. The van der Waals surface area contributed by atoms with Gasteiger partial charge in [0.1, 0.15) is 5.82 Å². The fourth-order valence-corrected chi connectivity index (χ4v) is 3.04. The van der Waals surface area contributed by atoms with Gasteiger partial charge in [-0.05, 0) is 31.0 Å². The van der Waals surface area contributed by atoms with Gasteiger partial charge in [0.25, 0.3) is 0 Å². The van der Waals surface area contributed by atoms with Crippen molar-refractivity contribution in [1.29, 1.82) is 0 Å². The van der Waals surface area contributed by atoms with Crippen molar-refractivity contribution in [1.82, 2.24) is 9.97 Å². The summed E-state index contributed by atoms with van der Waals surface area (Å²) in [5, 5.41) is 0. The Kier molecular flexibility index (Phi) is 2.92. The molecule has 2 aromatic rings. The van der Waals surface area contributed by atoms with Crippen LogP contribution in [0.5, 0.6) is 0 Å². The lowest BCUT2D eigenvalue weighted by Gasteiger charge is -2.26. The second-order valence-corrected chi connectivity index (χ2v) is 5.75. The highest BCUT2D eigenvalue weighted by Gasteiger charge is 2.25. The lowest BCUT2D eigenvalue weighted by atomic mass is 9.84. The summed E-state index contributed by atoms with van der Waals surface area (Å²) in [5.41, 5.74) is 8.31. The smallest absolute Gasteiger partial charge is 0.111 e. The number of hydrogen-bond donors (Lipinski definition) is 2. The second-order valence-electron chi connectivity index (χ2n) is 4.84. The number of aromatic amines is 1. The maximum atomic E-state index is 6.19. The minimum absolute atomic E-state index is 0.257. The predicted octanol–water partition coefficient (Wildman–Crippen LogP) is 3.31. The van der Waals surface area contributed by atoms with E-state index >= 15 is 0 Å². The number of rotatable bonds is 1. The van der Waals surface area contributed by atoms with Gasteiger partial charge in [-0.15, -0.1) is 0 Å². The molecule has 0 saturated heterocycles. The Morgan fingerprint density at radius 1 is 1.29 bits per heavy atom. The van der Waals surface area contributed by atoms with Crippen molar-refractivity contribution >= 4 is 27.0 Å². The third kappa shape index (κ3) is 2.11. The van der Waals surface area contributed by atoms with Crippen molar-refractivity contribution in [3.63, 3.8) is 0 Å². The Bertz CT molecular complexity index is 534. The lowest BCUT2D eigenvalue weighted by molar-refractivity contribution is 0.375. The van der Waals surface area contributed by atoms with Crippen LogP contribution in [0, 0.1) is 0 Å². The zero-order valence-corrected chi connectivity index (χ0v) is 11.2. The van der Waals surface area contributed by atoms with E-state index in [1.165, 1.54) is 12.8 Å². The lowest BCUT2D eigenvalue weighted by Crippen LogP contribution is -2.31. The third-order valence-corrected chi connectivity index (χ3v) is 4.13. The average Bonchev–Trinajstić information content (AvgIpc) is 2.72. The zero-order valence-electron chi connectivity index (χ0n) is 9.62. The number of imidazole rings is 1. The summed E-state index contributed by atoms with van der Waals surface area (Å²) in [6, 6.07) is 6.38. The van der Waals surface area contributed by atoms with Crippen LogP contribution in [0.2, 0.25) is 0 Å². The molecule has 1 fully saturated rings. The van der Waals surface area contributed by atoms with Gasteiger partial charge in [-0.3, -0.25) is 0 Å². The van der Waals surface area contributed by atoms with Crippen LogP contribution in [0.1, 0.15) is 37.4 Å². The summed E-state index contributed by atoms with van der Waals surface area (Å²) in [6.45, 7) is 0. The summed E-state index contributed by atoms with van der Waals surface area (Å²) >= 11 is 3.48. The van der Waals surface area contributed by atoms with E-state index < -0.39 is 0 Å². The van der Waals surface area contributed by atoms with E-state index in [-0.39, 0.29) is 6.04 Å². The molecule has 1 saturated carbocycles. The first kappa shape index (κ1) is 11.2. The molecular formula is C13H16BrN3. The molecule has 0 spiro atoms. The van der Waals surface area contributed by atoms with Gasteiger partial charge in [0.05, 0.1) is 11.0 Å². The molecule has 17 heavy (non-hydrogen) atoms. The number of halogens is 1. The number of benzene rings is 1. The summed E-state index contributed by atoms with van der Waals surface area (Å²) < 4.78 is 1.08. The van der Waals surface area contributed by atoms with E-state index in [1.54, 1.807) is 0 Å². The number of fused-ring (bicyclic) bond motifs is 1. The van der Waals surface area contributed by atoms with Crippen molar-refractivity contribution in [2.45, 2.75) is 37.6 Å². The van der Waals surface area contributed by atoms with E-state index in [0.717, 1.165) is 34.2 Å². The van der Waals surface area contributed by atoms with E-state index in [2.05, 4.69) is 32.0 Å². The van der Waals surface area contributed by atoms with Crippen LogP contribution in [0.25, 0.3) is 11.0 Å². The maximum Gasteiger partial charge on any atom is 0.111 e. The van der Waals surface area contributed by atoms with Crippen LogP contribution in [-0.2, 0) is 0 Å². The highest BCUT2D eigenvalue weighted by atomic mass is 79.9. The molecule has 2 unspecified atom stereocenters. The maximum absolute atomic E-state index is 6.19. The Hall–Kier alpha value is -0.870. The summed E-state index contributed by atoms with van der Waals surface area (Å²) in [6.07, 6.45) is 4.79. The quantitative estimate of drug-likeness (QED) is 0.847. The molecule has 1 heterocycles. The van der Waals surface area contributed by atoms with Gasteiger partial charge in [0.2, 0.25) is 0 Å². The van der Waals surface area contributed by atoms with Crippen LogP contribution < -0.4 is 5.73 Å². The van der Waals surface area contributed by atoms with Gasteiger partial charge in [0.15, 0.2) is 0 Å². The Morgan fingerprint density at radius 3 is 2.94 bits per heavy atom. The van der Waals surface area contributed by atoms with E-state index in [0.29, 0.717) is 5.92 Å². The Morgan fingerprint density at radius 2 is 2.12 bits per heavy atom. The molecule has 4 heteroatoms. The minimum Gasteiger partial charge on any atom is -0.342 e. The van der Waals surface area contributed by atoms with Gasteiger partial charge < -0.3 is 10.7 Å². The van der Waals surface area contributed by atoms with E-state index in [1.807, 2.05) is 12.1 Å². The first-order valence-electron chi connectivity index (χ1n) is 6.15. The third-order valence-electron chi connectivity index (χ3n) is 3.63. The minimum atomic E-state index is 0.257. The van der Waals surface area contributed by atoms with Crippen LogP contribution in [-0.4, -0.2) is 16.0 Å². The Labute approximate surface area is 109 Å². The fraction of sp³-hybridized carbons (Fsp3) is 0.462. The van der Waals surface area contributed by atoms with Crippen molar-refractivity contribution in [3.8, 4) is 0 Å². The molecule has 3 N–H and O–H groups in total. The zero-order chi connectivity index (χ0) is 11.8. The Balaban J connectivity index is 1.99. The molecule has 3 rings (SSSR count). The van der Waals surface area contributed by atoms with E-state index in [9.17, 15) is 0 Å². The van der Waals surface area contributed by atoms with Crippen molar-refractivity contribution in [2.75, 3.05) is 0 Å². The topological polar surface area (TPSA) is 54.7 Å². The molecule has 1 aliphatic rings. The van der Waals surface area contributed by atoms with E-state index in [4.69, 9.17) is 5.73 Å². The summed E-state index contributed by atoms with van der Waals surface area (Å²) in [4.78, 5) is 8.09. The SMILES string of the molecule is NC1CCCCC1c1nc2ccc(Br)cc2[nH]1. The van der Waals surface area contributed by atoms with Crippen LogP contribution in [0.15, 0.2) is 22.7 Å². The molecule has 0 amide bonds. The first-order chi connectivity index (χ1) is 8.24. The molecule has 3 nitrogen and oxygen atoms in total. The fourth-order valence-electron chi connectivity index (χ4n) is 2.68. The number of nitrogens with two attached hydrogens (primary N) is 1. The van der Waals surface area contributed by atoms with Crippen LogP contribution in [0.3, 0.4) is 0 Å². The number of H-pyrrole nitrogens is 1. The summed E-state index contributed by atoms with van der Waals surface area (Å²) in [7, 11) is 0. The monoisotopic (exact) mass is 293 g/mol. The van der Waals surface area contributed by atoms with Gasteiger partial charge >= 0.3 is 0 Å². The van der Waals surface area contributed by atoms with Gasteiger partial charge in [-0.25, -0.2) is 4.98 Å². The van der Waals surface area contributed by atoms with Crippen LogP contribution >= 0.6 is 15.9 Å². The molecule has 0 aliphatic heterocycles. The number of nitrogens with one attached hydrogen (secondary N) is 1. The molecule has 90 valence electrons. The normalized spacial score (nSPS) is 25.3. The highest BCUT2D eigenvalue weighted by Crippen LogP contribution is 2.31. The van der Waals surface area contributed by atoms with Gasteiger partial charge in [0, 0.05) is 16.4 Å². The molecular weight excluding hydrogens is 278 g/mol.